The highest BCUT2D eigenvalue weighted by molar-refractivity contribution is 7.92. The molecule has 9 nitrogen and oxygen atoms in total. The highest BCUT2D eigenvalue weighted by Gasteiger charge is 2.21. The van der Waals surface area contributed by atoms with Gasteiger partial charge in [0.1, 0.15) is 18.1 Å². The van der Waals surface area contributed by atoms with Gasteiger partial charge in [0.25, 0.3) is 0 Å². The Bertz CT molecular complexity index is 1090. The highest BCUT2D eigenvalue weighted by atomic mass is 32.2. The molecule has 3 rings (SSSR count). The summed E-state index contributed by atoms with van der Waals surface area (Å²) >= 11 is 0. The lowest BCUT2D eigenvalue weighted by molar-refractivity contribution is -0.119. The van der Waals surface area contributed by atoms with Crippen molar-refractivity contribution in [2.24, 2.45) is 0 Å². The summed E-state index contributed by atoms with van der Waals surface area (Å²) in [4.78, 5) is 20.5. The average molecular weight is 419 g/mol. The van der Waals surface area contributed by atoms with Gasteiger partial charge >= 0.3 is 0 Å². The summed E-state index contributed by atoms with van der Waals surface area (Å²) in [6.45, 7) is -0.325. The normalized spacial score (nSPS) is 11.2. The number of hydrogen-bond donors (Lipinski definition) is 1. The van der Waals surface area contributed by atoms with Crippen LogP contribution in [-0.2, 0) is 21.2 Å². The van der Waals surface area contributed by atoms with Gasteiger partial charge in [-0.25, -0.2) is 12.8 Å². The van der Waals surface area contributed by atoms with Crippen LogP contribution in [0.15, 0.2) is 53.2 Å². The van der Waals surface area contributed by atoms with Crippen molar-refractivity contribution in [2.45, 2.75) is 6.42 Å². The summed E-state index contributed by atoms with van der Waals surface area (Å²) in [6, 6.07) is 10.3. The molecule has 2 aromatic heterocycles. The summed E-state index contributed by atoms with van der Waals surface area (Å²) in [5.41, 5.74) is 0.630. The van der Waals surface area contributed by atoms with Gasteiger partial charge in [-0.3, -0.25) is 14.1 Å². The molecule has 2 heterocycles. The van der Waals surface area contributed by atoms with Crippen LogP contribution in [0.25, 0.3) is 11.5 Å². The van der Waals surface area contributed by atoms with E-state index in [4.69, 9.17) is 4.52 Å². The van der Waals surface area contributed by atoms with Crippen LogP contribution in [0.1, 0.15) is 5.89 Å². The van der Waals surface area contributed by atoms with Gasteiger partial charge in [0.15, 0.2) is 0 Å². The zero-order valence-corrected chi connectivity index (χ0v) is 16.3. The van der Waals surface area contributed by atoms with Crippen LogP contribution < -0.4 is 9.62 Å². The molecule has 0 fully saturated rings. The number of carbonyl (C=O) groups is 1. The first-order chi connectivity index (χ1) is 13.8. The van der Waals surface area contributed by atoms with E-state index in [0.29, 0.717) is 17.4 Å². The smallest absolute Gasteiger partial charge is 0.240 e. The molecule has 152 valence electrons. The van der Waals surface area contributed by atoms with E-state index in [1.165, 1.54) is 18.2 Å². The molecule has 1 aromatic carbocycles. The number of sulfonamides is 1. The summed E-state index contributed by atoms with van der Waals surface area (Å²) in [6.07, 6.45) is 2.81. The first kappa shape index (κ1) is 20.4. The number of aromatic nitrogens is 3. The minimum atomic E-state index is -3.78. The van der Waals surface area contributed by atoms with Gasteiger partial charge in [-0.1, -0.05) is 17.3 Å². The molecule has 1 amide bonds. The Labute approximate surface area is 166 Å². The SMILES string of the molecule is CS(=O)(=O)N(CC(=O)NCCc1nc(-c2ccccn2)no1)c1cccc(F)c1. The van der Waals surface area contributed by atoms with Gasteiger partial charge in [-0.05, 0) is 30.3 Å². The van der Waals surface area contributed by atoms with Crippen molar-refractivity contribution < 1.29 is 22.1 Å². The van der Waals surface area contributed by atoms with Crippen molar-refractivity contribution in [3.8, 4) is 11.5 Å². The van der Waals surface area contributed by atoms with Crippen LogP contribution in [0, 0.1) is 5.82 Å². The number of halogens is 1. The van der Waals surface area contributed by atoms with Gasteiger partial charge in [0, 0.05) is 19.2 Å². The van der Waals surface area contributed by atoms with Crippen molar-refractivity contribution in [3.63, 3.8) is 0 Å². The molecule has 29 heavy (non-hydrogen) atoms. The highest BCUT2D eigenvalue weighted by Crippen LogP contribution is 2.18. The lowest BCUT2D eigenvalue weighted by atomic mass is 10.3. The molecule has 0 spiro atoms. The summed E-state index contributed by atoms with van der Waals surface area (Å²) in [5, 5.41) is 6.41. The van der Waals surface area contributed by atoms with Gasteiger partial charge in [0.05, 0.1) is 11.9 Å². The quantitative estimate of drug-likeness (QED) is 0.586. The van der Waals surface area contributed by atoms with Gasteiger partial charge in [-0.2, -0.15) is 4.98 Å². The fourth-order valence-electron chi connectivity index (χ4n) is 2.48. The molecule has 0 aliphatic heterocycles. The topological polar surface area (TPSA) is 118 Å². The number of rotatable bonds is 8. The van der Waals surface area contributed by atoms with Crippen molar-refractivity contribution >= 4 is 21.6 Å². The molecule has 0 saturated heterocycles. The maximum absolute atomic E-state index is 13.4. The minimum Gasteiger partial charge on any atom is -0.354 e. The summed E-state index contributed by atoms with van der Waals surface area (Å²) in [7, 11) is -3.78. The second kappa shape index (κ2) is 8.78. The van der Waals surface area contributed by atoms with Crippen molar-refractivity contribution in [1.29, 1.82) is 0 Å². The maximum atomic E-state index is 13.4. The lowest BCUT2D eigenvalue weighted by Crippen LogP contribution is -2.41. The van der Waals surface area contributed by atoms with Gasteiger partial charge in [-0.15, -0.1) is 0 Å². The Balaban J connectivity index is 1.57. The van der Waals surface area contributed by atoms with Crippen LogP contribution in [0.4, 0.5) is 10.1 Å². The molecular weight excluding hydrogens is 401 g/mol. The molecule has 0 aliphatic carbocycles. The number of hydrogen-bond acceptors (Lipinski definition) is 7. The van der Waals surface area contributed by atoms with E-state index in [1.54, 1.807) is 24.4 Å². The average Bonchev–Trinajstić information content (AvgIpc) is 3.15. The van der Waals surface area contributed by atoms with Crippen LogP contribution in [0.2, 0.25) is 0 Å². The second-order valence-electron chi connectivity index (χ2n) is 6.08. The van der Waals surface area contributed by atoms with Gasteiger partial charge in [0.2, 0.25) is 27.6 Å². The molecule has 0 unspecified atom stereocenters. The van der Waals surface area contributed by atoms with E-state index in [0.717, 1.165) is 16.6 Å². The Hall–Kier alpha value is -3.34. The third kappa shape index (κ3) is 5.57. The summed E-state index contributed by atoms with van der Waals surface area (Å²) < 4.78 is 43.4. The molecule has 3 aromatic rings. The summed E-state index contributed by atoms with van der Waals surface area (Å²) in [5.74, 6) is -0.516. The first-order valence-electron chi connectivity index (χ1n) is 8.57. The third-order valence-electron chi connectivity index (χ3n) is 3.81. The largest absolute Gasteiger partial charge is 0.354 e. The molecule has 0 aliphatic rings. The van der Waals surface area contributed by atoms with E-state index in [9.17, 15) is 17.6 Å². The van der Waals surface area contributed by atoms with E-state index in [-0.39, 0.29) is 18.7 Å². The van der Waals surface area contributed by atoms with Crippen molar-refractivity contribution in [2.75, 3.05) is 23.7 Å². The van der Waals surface area contributed by atoms with Crippen LogP contribution >= 0.6 is 0 Å². The van der Waals surface area contributed by atoms with Gasteiger partial charge < -0.3 is 9.84 Å². The Morgan fingerprint density at radius 2 is 2.07 bits per heavy atom. The number of carbonyl (C=O) groups excluding carboxylic acids is 1. The Morgan fingerprint density at radius 3 is 2.76 bits per heavy atom. The van der Waals surface area contributed by atoms with Crippen molar-refractivity contribution in [1.82, 2.24) is 20.4 Å². The number of benzene rings is 1. The van der Waals surface area contributed by atoms with Crippen LogP contribution in [-0.4, -0.2) is 48.8 Å². The van der Waals surface area contributed by atoms with Crippen LogP contribution in [0.5, 0.6) is 0 Å². The number of anilines is 1. The molecule has 0 atom stereocenters. The Morgan fingerprint density at radius 1 is 1.24 bits per heavy atom. The first-order valence-corrected chi connectivity index (χ1v) is 10.4. The molecular formula is C18H18FN5O4S. The van der Waals surface area contributed by atoms with E-state index in [1.807, 2.05) is 0 Å². The molecule has 11 heteroatoms. The fraction of sp³-hybridized carbons (Fsp3) is 0.222. The van der Waals surface area contributed by atoms with Crippen molar-refractivity contribution in [3.05, 3.63) is 60.4 Å². The lowest BCUT2D eigenvalue weighted by Gasteiger charge is -2.21. The number of amides is 1. The molecule has 0 radical (unpaired) electrons. The molecule has 0 bridgehead atoms. The third-order valence-corrected chi connectivity index (χ3v) is 4.95. The molecule has 0 saturated carbocycles. The molecule has 1 N–H and O–H groups in total. The van der Waals surface area contributed by atoms with Crippen LogP contribution in [0.3, 0.4) is 0 Å². The zero-order chi connectivity index (χ0) is 20.9. The fourth-order valence-corrected chi connectivity index (χ4v) is 3.33. The standard InChI is InChI=1S/C18H18FN5O4S/c1-29(26,27)24(14-6-4-5-13(19)11-14)12-16(25)21-10-8-17-22-18(23-28-17)15-7-2-3-9-20-15/h2-7,9,11H,8,10,12H2,1H3,(H,21,25). The van der Waals surface area contributed by atoms with E-state index in [2.05, 4.69) is 20.4 Å². The monoisotopic (exact) mass is 419 g/mol. The second-order valence-corrected chi connectivity index (χ2v) is 7.98. The number of nitrogens with zero attached hydrogens (tertiary/aromatic N) is 4. The predicted octanol–water partition coefficient (Wildman–Crippen LogP) is 1.40. The van der Waals surface area contributed by atoms with E-state index >= 15 is 0 Å². The number of pyridine rings is 1. The predicted molar refractivity (Wildman–Crippen MR) is 103 cm³/mol. The van der Waals surface area contributed by atoms with E-state index < -0.39 is 28.3 Å². The zero-order valence-electron chi connectivity index (χ0n) is 15.4. The minimum absolute atomic E-state index is 0.0690. The number of nitrogens with one attached hydrogen (secondary N) is 1. The Kier molecular flexibility index (Phi) is 6.17. The maximum Gasteiger partial charge on any atom is 0.240 e.